The van der Waals surface area contributed by atoms with Gasteiger partial charge in [0.25, 0.3) is 0 Å². The van der Waals surface area contributed by atoms with Crippen molar-refractivity contribution in [3.8, 4) is 11.5 Å². The molecular formula is C17H22F3NO4. The molecule has 0 spiro atoms. The molecular weight excluding hydrogens is 339 g/mol. The van der Waals surface area contributed by atoms with E-state index in [1.54, 1.807) is 31.7 Å². The van der Waals surface area contributed by atoms with Crippen LogP contribution in [0.5, 0.6) is 11.5 Å². The van der Waals surface area contributed by atoms with E-state index in [1.165, 1.54) is 18.2 Å². The highest BCUT2D eigenvalue weighted by Gasteiger charge is 2.32. The fourth-order valence-corrected chi connectivity index (χ4v) is 2.44. The van der Waals surface area contributed by atoms with Gasteiger partial charge in [0.15, 0.2) is 0 Å². The highest BCUT2D eigenvalue weighted by Crippen LogP contribution is 2.27. The molecule has 5 nitrogen and oxygen atoms in total. The average molecular weight is 361 g/mol. The van der Waals surface area contributed by atoms with Crippen molar-refractivity contribution in [3.63, 3.8) is 0 Å². The van der Waals surface area contributed by atoms with Crippen LogP contribution in [0.25, 0.3) is 0 Å². The Hall–Kier alpha value is -2.12. The molecule has 8 heteroatoms. The second-order valence-electron chi connectivity index (χ2n) is 6.91. The zero-order chi connectivity index (χ0) is 18.7. The average Bonchev–Trinajstić information content (AvgIpc) is 2.91. The number of nitrogens with zero attached hydrogens (tertiary/aromatic N) is 1. The summed E-state index contributed by atoms with van der Waals surface area (Å²) >= 11 is 0. The van der Waals surface area contributed by atoms with E-state index in [9.17, 15) is 18.0 Å². The monoisotopic (exact) mass is 361 g/mol. The van der Waals surface area contributed by atoms with E-state index in [0.717, 1.165) is 6.42 Å². The first-order valence-corrected chi connectivity index (χ1v) is 7.98. The van der Waals surface area contributed by atoms with Crippen LogP contribution >= 0.6 is 0 Å². The molecule has 1 aliphatic heterocycles. The van der Waals surface area contributed by atoms with E-state index in [-0.39, 0.29) is 23.5 Å². The second-order valence-corrected chi connectivity index (χ2v) is 6.91. The van der Waals surface area contributed by atoms with Crippen LogP contribution in [-0.4, -0.2) is 42.7 Å². The molecule has 0 radical (unpaired) electrons. The van der Waals surface area contributed by atoms with Gasteiger partial charge >= 0.3 is 12.5 Å². The maximum absolute atomic E-state index is 12.2. The zero-order valence-electron chi connectivity index (χ0n) is 14.4. The van der Waals surface area contributed by atoms with Crippen LogP contribution in [-0.2, 0) is 4.74 Å². The lowest BCUT2D eigenvalue weighted by Crippen LogP contribution is -2.35. The molecule has 1 heterocycles. The molecule has 1 atom stereocenters. The first-order valence-electron chi connectivity index (χ1n) is 7.98. The SMILES string of the molecule is CC(C)(C)OC(=O)N1CC[C@H](COc2cccc(OC(F)(F)F)c2)C1. The summed E-state index contributed by atoms with van der Waals surface area (Å²) in [6.07, 6.45) is -4.36. The number of hydrogen-bond donors (Lipinski definition) is 0. The van der Waals surface area contributed by atoms with Crippen LogP contribution in [0.15, 0.2) is 24.3 Å². The summed E-state index contributed by atoms with van der Waals surface area (Å²) in [5, 5.41) is 0. The molecule has 25 heavy (non-hydrogen) atoms. The predicted molar refractivity (Wildman–Crippen MR) is 84.5 cm³/mol. The Balaban J connectivity index is 1.83. The largest absolute Gasteiger partial charge is 0.573 e. The molecule has 0 bridgehead atoms. The van der Waals surface area contributed by atoms with Gasteiger partial charge < -0.3 is 19.1 Å². The quantitative estimate of drug-likeness (QED) is 0.806. The number of halogens is 3. The number of rotatable bonds is 4. The Morgan fingerprint density at radius 1 is 1.24 bits per heavy atom. The van der Waals surface area contributed by atoms with Crippen molar-refractivity contribution in [3.05, 3.63) is 24.3 Å². The number of amides is 1. The molecule has 1 aromatic rings. The molecule has 1 aliphatic rings. The molecule has 1 saturated heterocycles. The first-order chi connectivity index (χ1) is 11.5. The van der Waals surface area contributed by atoms with Gasteiger partial charge in [-0.05, 0) is 39.3 Å². The van der Waals surface area contributed by atoms with Crippen LogP contribution in [0, 0.1) is 5.92 Å². The molecule has 0 unspecified atom stereocenters. The van der Waals surface area contributed by atoms with Crippen molar-refractivity contribution >= 4 is 6.09 Å². The lowest BCUT2D eigenvalue weighted by molar-refractivity contribution is -0.274. The topological polar surface area (TPSA) is 48.0 Å². The second kappa shape index (κ2) is 7.41. The van der Waals surface area contributed by atoms with E-state index in [2.05, 4.69) is 4.74 Å². The van der Waals surface area contributed by atoms with Crippen LogP contribution < -0.4 is 9.47 Å². The highest BCUT2D eigenvalue weighted by atomic mass is 19.4. The third kappa shape index (κ3) is 6.72. The number of ether oxygens (including phenoxy) is 3. The Bertz CT molecular complexity index is 598. The Morgan fingerprint density at radius 3 is 2.56 bits per heavy atom. The minimum Gasteiger partial charge on any atom is -0.493 e. The van der Waals surface area contributed by atoms with Crippen molar-refractivity contribution in [1.82, 2.24) is 4.90 Å². The standard InChI is InChI=1S/C17H22F3NO4/c1-16(2,3)25-15(22)21-8-7-12(10-21)11-23-13-5-4-6-14(9-13)24-17(18,19)20/h4-6,9,12H,7-8,10-11H2,1-3H3/t12-/m0/s1. The summed E-state index contributed by atoms with van der Waals surface area (Å²) in [6.45, 7) is 6.77. The van der Waals surface area contributed by atoms with Gasteiger partial charge in [0.05, 0.1) is 6.61 Å². The minimum atomic E-state index is -4.74. The third-order valence-electron chi connectivity index (χ3n) is 3.46. The van der Waals surface area contributed by atoms with Crippen LogP contribution in [0.3, 0.4) is 0 Å². The smallest absolute Gasteiger partial charge is 0.493 e. The maximum Gasteiger partial charge on any atom is 0.573 e. The summed E-state index contributed by atoms with van der Waals surface area (Å²) in [5.41, 5.74) is -0.551. The molecule has 140 valence electrons. The van der Waals surface area contributed by atoms with E-state index >= 15 is 0 Å². The predicted octanol–water partition coefficient (Wildman–Crippen LogP) is 4.22. The molecule has 0 aromatic heterocycles. The Morgan fingerprint density at radius 2 is 1.92 bits per heavy atom. The van der Waals surface area contributed by atoms with Crippen LogP contribution in [0.2, 0.25) is 0 Å². The summed E-state index contributed by atoms with van der Waals surface area (Å²) in [5.74, 6) is 0.0592. The summed E-state index contributed by atoms with van der Waals surface area (Å²) < 4.78 is 51.4. The zero-order valence-corrected chi connectivity index (χ0v) is 14.4. The van der Waals surface area contributed by atoms with Gasteiger partial charge in [-0.2, -0.15) is 0 Å². The van der Waals surface area contributed by atoms with E-state index < -0.39 is 12.0 Å². The Labute approximate surface area is 144 Å². The van der Waals surface area contributed by atoms with Crippen molar-refractivity contribution in [2.24, 2.45) is 5.92 Å². The highest BCUT2D eigenvalue weighted by molar-refractivity contribution is 5.68. The van der Waals surface area contributed by atoms with Crippen molar-refractivity contribution in [2.45, 2.75) is 39.2 Å². The van der Waals surface area contributed by atoms with Gasteiger partial charge in [0.2, 0.25) is 0 Å². The fourth-order valence-electron chi connectivity index (χ4n) is 2.44. The maximum atomic E-state index is 12.2. The van der Waals surface area contributed by atoms with Gasteiger partial charge in [0, 0.05) is 25.1 Å². The molecule has 0 N–H and O–H groups in total. The number of benzene rings is 1. The van der Waals surface area contributed by atoms with Gasteiger partial charge in [-0.25, -0.2) is 4.79 Å². The number of likely N-dealkylation sites (tertiary alicyclic amines) is 1. The lowest BCUT2D eigenvalue weighted by atomic mass is 10.1. The van der Waals surface area contributed by atoms with Gasteiger partial charge in [-0.1, -0.05) is 6.07 Å². The van der Waals surface area contributed by atoms with Crippen molar-refractivity contribution < 1.29 is 32.2 Å². The van der Waals surface area contributed by atoms with Crippen LogP contribution in [0.4, 0.5) is 18.0 Å². The first kappa shape index (κ1) is 19.2. The summed E-state index contributed by atoms with van der Waals surface area (Å²) in [4.78, 5) is 13.6. The molecule has 1 amide bonds. The van der Waals surface area contributed by atoms with Gasteiger partial charge in [0.1, 0.15) is 17.1 Å². The number of hydrogen-bond acceptors (Lipinski definition) is 4. The Kier molecular flexibility index (Phi) is 5.69. The molecule has 1 fully saturated rings. The van der Waals surface area contributed by atoms with Gasteiger partial charge in [-0.3, -0.25) is 0 Å². The van der Waals surface area contributed by atoms with Crippen LogP contribution in [0.1, 0.15) is 27.2 Å². The molecule has 2 rings (SSSR count). The van der Waals surface area contributed by atoms with Gasteiger partial charge in [-0.15, -0.1) is 13.2 Å². The molecule has 0 aliphatic carbocycles. The number of carbonyl (C=O) groups is 1. The van der Waals surface area contributed by atoms with E-state index in [4.69, 9.17) is 9.47 Å². The number of alkyl halides is 3. The lowest BCUT2D eigenvalue weighted by Gasteiger charge is -2.24. The summed E-state index contributed by atoms with van der Waals surface area (Å²) in [6, 6.07) is 5.39. The van der Waals surface area contributed by atoms with Crippen molar-refractivity contribution in [2.75, 3.05) is 19.7 Å². The fraction of sp³-hybridized carbons (Fsp3) is 0.588. The van der Waals surface area contributed by atoms with E-state index in [1.807, 2.05) is 0 Å². The minimum absolute atomic E-state index is 0.0970. The molecule has 1 aromatic carbocycles. The van der Waals surface area contributed by atoms with E-state index in [0.29, 0.717) is 19.7 Å². The summed E-state index contributed by atoms with van der Waals surface area (Å²) in [7, 11) is 0. The van der Waals surface area contributed by atoms with Crippen molar-refractivity contribution in [1.29, 1.82) is 0 Å². The third-order valence-corrected chi connectivity index (χ3v) is 3.46. The normalized spacial score (nSPS) is 18.2. The molecule has 0 saturated carbocycles. The number of carbonyl (C=O) groups excluding carboxylic acids is 1.